The Morgan fingerprint density at radius 1 is 1.16 bits per heavy atom. The van der Waals surface area contributed by atoms with Crippen molar-refractivity contribution in [1.29, 1.82) is 0 Å². The van der Waals surface area contributed by atoms with Crippen molar-refractivity contribution in [2.45, 2.75) is 0 Å². The Bertz CT molecular complexity index is 386. The van der Waals surface area contributed by atoms with Crippen molar-refractivity contribution in [3.8, 4) is 0 Å². The minimum absolute atomic E-state index is 0.403. The zero-order chi connectivity index (χ0) is 14.7. The topological polar surface area (TPSA) is 157 Å². The molecule has 0 aromatic rings. The Labute approximate surface area is 107 Å². The zero-order valence-electron chi connectivity index (χ0n) is 9.85. The Balaban J connectivity index is 2.95. The fourth-order valence-electron chi connectivity index (χ4n) is 1.24. The van der Waals surface area contributed by atoms with Crippen molar-refractivity contribution < 1.29 is 39.3 Å². The van der Waals surface area contributed by atoms with Crippen molar-refractivity contribution in [3.05, 3.63) is 0 Å². The minimum atomic E-state index is -4.36. The zero-order valence-corrected chi connectivity index (χ0v) is 10.7. The van der Waals surface area contributed by atoms with Gasteiger partial charge in [-0.1, -0.05) is 0 Å². The van der Waals surface area contributed by atoms with Gasteiger partial charge in [-0.25, -0.2) is 0 Å². The van der Waals surface area contributed by atoms with E-state index in [2.05, 4.69) is 0 Å². The number of amides is 4. The molecule has 0 aromatic carbocycles. The van der Waals surface area contributed by atoms with E-state index in [0.717, 1.165) is 0 Å². The molecule has 0 aromatic heterocycles. The molecule has 1 fully saturated rings. The molecule has 0 saturated carbocycles. The van der Waals surface area contributed by atoms with Crippen LogP contribution in [0.4, 0.5) is 9.59 Å². The number of nitrogens with one attached hydrogen (secondary N) is 1. The predicted octanol–water partition coefficient (Wildman–Crippen LogP) is -2.06. The fourth-order valence-corrected chi connectivity index (χ4v) is 2.55. The molecule has 0 bridgehead atoms. The van der Waals surface area contributed by atoms with E-state index in [1.54, 1.807) is 0 Å². The summed E-state index contributed by atoms with van der Waals surface area (Å²) in [7, 11) is 0. The molecular formula is C8H15N2O8P. The number of carbonyl (C=O) groups excluding carboxylic acids is 3. The average Bonchev–Trinajstić information content (AvgIpc) is 2.76. The molecule has 1 aliphatic rings. The molecule has 0 spiro atoms. The number of urea groups is 1. The number of aliphatic hydroxyl groups excluding tert-OH is 4. The van der Waals surface area contributed by atoms with Crippen molar-refractivity contribution >= 4 is 24.9 Å². The fraction of sp³-hybridized carbons (Fsp3) is 0.625. The van der Waals surface area contributed by atoms with Crippen LogP contribution in [0.5, 0.6) is 0 Å². The summed E-state index contributed by atoms with van der Waals surface area (Å²) >= 11 is 0. The maximum atomic E-state index is 11.7. The molecule has 1 aliphatic heterocycles. The summed E-state index contributed by atoms with van der Waals surface area (Å²) in [5.41, 5.74) is 0. The Morgan fingerprint density at radius 2 is 1.63 bits per heavy atom. The van der Waals surface area contributed by atoms with Crippen LogP contribution < -0.4 is 5.32 Å². The van der Waals surface area contributed by atoms with Crippen LogP contribution in [0.2, 0.25) is 0 Å². The van der Waals surface area contributed by atoms with E-state index in [0.29, 0.717) is 4.90 Å². The van der Waals surface area contributed by atoms with Gasteiger partial charge in [0.1, 0.15) is 0 Å². The number of imide groups is 2. The first-order valence-electron chi connectivity index (χ1n) is 5.15. The third-order valence-corrected chi connectivity index (χ3v) is 6.32. The van der Waals surface area contributed by atoms with Gasteiger partial charge in [0, 0.05) is 0 Å². The van der Waals surface area contributed by atoms with Gasteiger partial charge in [0.05, 0.1) is 0 Å². The van der Waals surface area contributed by atoms with Crippen molar-refractivity contribution in [3.63, 3.8) is 0 Å². The molecule has 10 nitrogen and oxygen atoms in total. The molecule has 1 saturated heterocycles. The van der Waals surface area contributed by atoms with E-state index < -0.39 is 56.8 Å². The summed E-state index contributed by atoms with van der Waals surface area (Å²) in [5.74, 6) is -0.719. The summed E-state index contributed by atoms with van der Waals surface area (Å²) < 4.78 is 4.83. The standard InChI is InChI=1S/C8H15N2O8P/c11-2-19(3-12,4-13,5-14)18-8(17)10-1-6(15)9-7(10)16/h11-14H,1-5H2,(H,9,15,16). The van der Waals surface area contributed by atoms with Crippen molar-refractivity contribution in [2.75, 3.05) is 31.9 Å². The average molecular weight is 298 g/mol. The summed E-state index contributed by atoms with van der Waals surface area (Å²) in [6.07, 6.45) is -5.14. The van der Waals surface area contributed by atoms with Crippen LogP contribution in [-0.4, -0.2) is 75.3 Å². The molecule has 19 heavy (non-hydrogen) atoms. The second-order valence-corrected chi connectivity index (χ2v) is 9.25. The molecule has 5 N–H and O–H groups in total. The van der Waals surface area contributed by atoms with E-state index in [-0.39, 0.29) is 0 Å². The number of rotatable bonds is 5. The SMILES string of the molecule is O=C1CN(C(=O)OP(CO)(CO)(CO)CO)C(=O)N1. The van der Waals surface area contributed by atoms with Gasteiger partial charge in [-0.3, -0.25) is 0 Å². The molecule has 11 heteroatoms. The Kier molecular flexibility index (Phi) is 4.43. The first-order chi connectivity index (χ1) is 8.85. The van der Waals surface area contributed by atoms with E-state index in [4.69, 9.17) is 4.52 Å². The normalized spacial score (nSPS) is 17.9. The first-order valence-corrected chi connectivity index (χ1v) is 8.04. The van der Waals surface area contributed by atoms with Gasteiger partial charge < -0.3 is 0 Å². The Morgan fingerprint density at radius 3 is 1.95 bits per heavy atom. The third-order valence-electron chi connectivity index (χ3n) is 2.78. The van der Waals surface area contributed by atoms with Crippen LogP contribution in [-0.2, 0) is 9.32 Å². The van der Waals surface area contributed by atoms with Crippen LogP contribution >= 0.6 is 6.83 Å². The summed E-state index contributed by atoms with van der Waals surface area (Å²) in [6.45, 7) is -4.93. The molecule has 1 rings (SSSR count). The van der Waals surface area contributed by atoms with Crippen LogP contribution in [0.15, 0.2) is 0 Å². The summed E-state index contributed by atoms with van der Waals surface area (Å²) in [6, 6.07) is -1.02. The van der Waals surface area contributed by atoms with Gasteiger partial charge in [-0.15, -0.1) is 0 Å². The maximum absolute atomic E-state index is 11.7. The van der Waals surface area contributed by atoms with Crippen LogP contribution in [0, 0.1) is 0 Å². The Hall–Kier alpha value is -1.32. The van der Waals surface area contributed by atoms with Gasteiger partial charge >= 0.3 is 106 Å². The van der Waals surface area contributed by atoms with Gasteiger partial charge in [0.25, 0.3) is 0 Å². The van der Waals surface area contributed by atoms with Crippen LogP contribution in [0.3, 0.4) is 0 Å². The molecule has 110 valence electrons. The quantitative estimate of drug-likeness (QED) is 0.286. The van der Waals surface area contributed by atoms with Crippen molar-refractivity contribution in [2.24, 2.45) is 0 Å². The van der Waals surface area contributed by atoms with E-state index >= 15 is 0 Å². The molecule has 4 amide bonds. The molecule has 0 unspecified atom stereocenters. The molecular weight excluding hydrogens is 283 g/mol. The van der Waals surface area contributed by atoms with Gasteiger partial charge in [0.15, 0.2) is 0 Å². The van der Waals surface area contributed by atoms with Gasteiger partial charge in [-0.05, 0) is 0 Å². The van der Waals surface area contributed by atoms with Crippen LogP contribution in [0.25, 0.3) is 0 Å². The summed E-state index contributed by atoms with van der Waals surface area (Å²) in [5, 5.41) is 38.8. The number of carbonyl (C=O) groups is 3. The first kappa shape index (κ1) is 15.7. The predicted molar refractivity (Wildman–Crippen MR) is 62.0 cm³/mol. The van der Waals surface area contributed by atoms with Gasteiger partial charge in [0.2, 0.25) is 0 Å². The monoisotopic (exact) mass is 298 g/mol. The molecule has 1 heterocycles. The van der Waals surface area contributed by atoms with Gasteiger partial charge in [-0.2, -0.15) is 0 Å². The van der Waals surface area contributed by atoms with Crippen LogP contribution in [0.1, 0.15) is 0 Å². The third kappa shape index (κ3) is 2.67. The molecule has 0 radical (unpaired) electrons. The molecule has 0 aliphatic carbocycles. The van der Waals surface area contributed by atoms with E-state index in [1.165, 1.54) is 0 Å². The van der Waals surface area contributed by atoms with Crippen molar-refractivity contribution in [1.82, 2.24) is 10.2 Å². The van der Waals surface area contributed by atoms with E-state index in [9.17, 15) is 34.8 Å². The molecule has 0 atom stereocenters. The number of hydrogen-bond acceptors (Lipinski definition) is 8. The number of hydrogen-bond donors (Lipinski definition) is 5. The second-order valence-electron chi connectivity index (χ2n) is 4.22. The van der Waals surface area contributed by atoms with E-state index in [1.807, 2.05) is 5.32 Å². The number of aliphatic hydroxyl groups is 4. The number of nitrogens with zero attached hydrogens (tertiary/aromatic N) is 1. The summed E-state index contributed by atoms with van der Waals surface area (Å²) in [4.78, 5) is 34.3. The second kappa shape index (κ2) is 5.35.